The van der Waals surface area contributed by atoms with Gasteiger partial charge in [-0.2, -0.15) is 0 Å². The van der Waals surface area contributed by atoms with Gasteiger partial charge < -0.3 is 9.47 Å². The Labute approximate surface area is 151 Å². The summed E-state index contributed by atoms with van der Waals surface area (Å²) in [6.45, 7) is 1.75. The number of sulfone groups is 1. The van der Waals surface area contributed by atoms with Gasteiger partial charge in [0.2, 0.25) is 0 Å². The van der Waals surface area contributed by atoms with Crippen LogP contribution in [-0.4, -0.2) is 33.4 Å². The Balaban J connectivity index is 1.90. The second-order valence-electron chi connectivity index (χ2n) is 5.46. The van der Waals surface area contributed by atoms with Crippen LogP contribution in [0.25, 0.3) is 0 Å². The maximum Gasteiger partial charge on any atom is 0.344 e. The molecule has 132 valence electrons. The summed E-state index contributed by atoms with van der Waals surface area (Å²) < 4.78 is 35.4. The number of thioether (sulfide) groups is 1. The lowest BCUT2D eigenvalue weighted by Crippen LogP contribution is -2.15. The predicted molar refractivity (Wildman–Crippen MR) is 95.7 cm³/mol. The summed E-state index contributed by atoms with van der Waals surface area (Å²) in [5.41, 5.74) is 0.626. The monoisotopic (exact) mass is 378 g/mol. The van der Waals surface area contributed by atoms with Crippen molar-refractivity contribution in [2.45, 2.75) is 22.0 Å². The highest BCUT2D eigenvalue weighted by molar-refractivity contribution is 8.01. The van der Waals surface area contributed by atoms with E-state index in [0.717, 1.165) is 4.90 Å². The molecule has 1 unspecified atom stereocenters. The molecule has 3 rings (SSSR count). The molecule has 0 spiro atoms. The maximum absolute atomic E-state index is 12.5. The molecule has 0 bridgehead atoms. The van der Waals surface area contributed by atoms with Gasteiger partial charge in [-0.15, -0.1) is 11.8 Å². The van der Waals surface area contributed by atoms with Crippen molar-refractivity contribution in [2.75, 3.05) is 19.0 Å². The van der Waals surface area contributed by atoms with Crippen LogP contribution in [0.15, 0.2) is 58.3 Å². The summed E-state index contributed by atoms with van der Waals surface area (Å²) >= 11 is 1.48. The largest absolute Gasteiger partial charge is 0.482 e. The highest BCUT2D eigenvalue weighted by Gasteiger charge is 2.38. The van der Waals surface area contributed by atoms with Crippen LogP contribution < -0.4 is 4.74 Å². The van der Waals surface area contributed by atoms with Gasteiger partial charge in [-0.1, -0.05) is 24.3 Å². The Morgan fingerprint density at radius 1 is 1.16 bits per heavy atom. The zero-order valence-electron chi connectivity index (χ0n) is 13.7. The van der Waals surface area contributed by atoms with Gasteiger partial charge in [0.1, 0.15) is 5.75 Å². The van der Waals surface area contributed by atoms with E-state index >= 15 is 0 Å². The van der Waals surface area contributed by atoms with Crippen LogP contribution in [0.1, 0.15) is 17.7 Å². The molecule has 0 radical (unpaired) electrons. The van der Waals surface area contributed by atoms with Crippen LogP contribution in [0.2, 0.25) is 0 Å². The molecular formula is C18H18O5S2. The van der Waals surface area contributed by atoms with E-state index < -0.39 is 15.8 Å². The van der Waals surface area contributed by atoms with Crippen LogP contribution in [0.4, 0.5) is 0 Å². The van der Waals surface area contributed by atoms with Gasteiger partial charge in [0.15, 0.2) is 16.4 Å². The molecule has 2 aromatic carbocycles. The molecule has 0 aliphatic carbocycles. The normalized spacial score (nSPS) is 17.7. The molecule has 0 saturated carbocycles. The zero-order chi connectivity index (χ0) is 17.9. The average molecular weight is 378 g/mol. The van der Waals surface area contributed by atoms with Crippen molar-refractivity contribution in [2.24, 2.45) is 0 Å². The summed E-state index contributed by atoms with van der Waals surface area (Å²) in [6, 6.07) is 14.5. The molecule has 5 nitrogen and oxygen atoms in total. The Hall–Kier alpha value is -1.99. The van der Waals surface area contributed by atoms with Crippen molar-refractivity contribution in [3.8, 4) is 5.75 Å². The molecule has 25 heavy (non-hydrogen) atoms. The number of rotatable bonds is 6. The first-order chi connectivity index (χ1) is 12.0. The molecule has 0 aromatic heterocycles. The van der Waals surface area contributed by atoms with Crippen molar-refractivity contribution in [3.63, 3.8) is 0 Å². The number of fused-ring (bicyclic) bond motifs is 1. The minimum Gasteiger partial charge on any atom is -0.482 e. The highest BCUT2D eigenvalue weighted by Crippen LogP contribution is 2.48. The minimum absolute atomic E-state index is 0.0155. The number of carbonyl (C=O) groups is 1. The van der Waals surface area contributed by atoms with E-state index in [2.05, 4.69) is 0 Å². The van der Waals surface area contributed by atoms with Gasteiger partial charge in [-0.25, -0.2) is 13.2 Å². The highest BCUT2D eigenvalue weighted by atomic mass is 32.2. The summed E-state index contributed by atoms with van der Waals surface area (Å²) in [7, 11) is -3.36. The fraction of sp³-hybridized carbons (Fsp3) is 0.278. The lowest BCUT2D eigenvalue weighted by molar-refractivity contribution is -0.145. The van der Waals surface area contributed by atoms with E-state index in [4.69, 9.17) is 9.47 Å². The lowest BCUT2D eigenvalue weighted by atomic mass is 10.1. The van der Waals surface area contributed by atoms with Gasteiger partial charge in [0, 0.05) is 10.5 Å². The predicted octanol–water partition coefficient (Wildman–Crippen LogP) is 3.25. The Morgan fingerprint density at radius 2 is 1.92 bits per heavy atom. The summed E-state index contributed by atoms with van der Waals surface area (Å²) in [5.74, 6) is -0.0462. The Kier molecular flexibility index (Phi) is 5.34. The van der Waals surface area contributed by atoms with Gasteiger partial charge in [-0.05, 0) is 31.2 Å². The third-order valence-corrected chi connectivity index (χ3v) is 6.97. The second-order valence-corrected chi connectivity index (χ2v) is 8.74. The van der Waals surface area contributed by atoms with Gasteiger partial charge in [-0.3, -0.25) is 0 Å². The van der Waals surface area contributed by atoms with Crippen LogP contribution in [0.5, 0.6) is 5.75 Å². The number of hydrogen-bond donors (Lipinski definition) is 0. The quantitative estimate of drug-likeness (QED) is 0.719. The van der Waals surface area contributed by atoms with Crippen molar-refractivity contribution in [3.05, 3.63) is 54.1 Å². The molecule has 0 fully saturated rings. The zero-order valence-corrected chi connectivity index (χ0v) is 15.3. The first kappa shape index (κ1) is 17.8. The SMILES string of the molecule is CCOC(=O)COc1cccc2c1C(Sc1ccccc1)CS2(=O)=O. The van der Waals surface area contributed by atoms with Gasteiger partial charge in [0.25, 0.3) is 0 Å². The number of ether oxygens (including phenoxy) is 2. The molecular weight excluding hydrogens is 360 g/mol. The van der Waals surface area contributed by atoms with E-state index in [1.165, 1.54) is 11.8 Å². The smallest absolute Gasteiger partial charge is 0.344 e. The molecule has 1 aliphatic rings. The number of benzene rings is 2. The Bertz CT molecular complexity index is 862. The Morgan fingerprint density at radius 3 is 2.64 bits per heavy atom. The molecule has 1 atom stereocenters. The lowest BCUT2D eigenvalue weighted by Gasteiger charge is -2.15. The fourth-order valence-electron chi connectivity index (χ4n) is 2.71. The number of esters is 1. The molecule has 0 N–H and O–H groups in total. The third kappa shape index (κ3) is 3.99. The van der Waals surface area contributed by atoms with Crippen molar-refractivity contribution < 1.29 is 22.7 Å². The molecule has 1 aliphatic heterocycles. The van der Waals surface area contributed by atoms with Crippen LogP contribution >= 0.6 is 11.8 Å². The summed E-state index contributed by atoms with van der Waals surface area (Å²) in [4.78, 5) is 12.8. The van der Waals surface area contributed by atoms with E-state index in [1.54, 1.807) is 25.1 Å². The van der Waals surface area contributed by atoms with E-state index in [9.17, 15) is 13.2 Å². The van der Waals surface area contributed by atoms with Crippen molar-refractivity contribution in [1.29, 1.82) is 0 Å². The van der Waals surface area contributed by atoms with Gasteiger partial charge >= 0.3 is 5.97 Å². The van der Waals surface area contributed by atoms with Crippen molar-refractivity contribution >= 4 is 27.6 Å². The number of hydrogen-bond acceptors (Lipinski definition) is 6. The topological polar surface area (TPSA) is 69.7 Å². The average Bonchev–Trinajstić information content (AvgIpc) is 2.85. The van der Waals surface area contributed by atoms with E-state index in [-0.39, 0.29) is 29.1 Å². The summed E-state index contributed by atoms with van der Waals surface area (Å²) in [6.07, 6.45) is 0. The van der Waals surface area contributed by atoms with Crippen LogP contribution in [0.3, 0.4) is 0 Å². The van der Waals surface area contributed by atoms with Crippen LogP contribution in [-0.2, 0) is 19.4 Å². The molecule has 0 saturated heterocycles. The van der Waals surface area contributed by atoms with E-state index in [1.807, 2.05) is 30.3 Å². The molecule has 7 heteroatoms. The molecule has 1 heterocycles. The third-order valence-electron chi connectivity index (χ3n) is 3.73. The maximum atomic E-state index is 12.5. The standard InChI is InChI=1S/C18H18O5S2/c1-2-22-17(19)11-23-14-9-6-10-16-18(14)15(12-25(16,20)21)24-13-7-4-3-5-8-13/h3-10,15H,2,11-12H2,1H3. The molecule has 0 amide bonds. The fourth-order valence-corrected chi connectivity index (χ4v) is 6.20. The van der Waals surface area contributed by atoms with Gasteiger partial charge in [0.05, 0.1) is 22.5 Å². The first-order valence-corrected chi connectivity index (χ1v) is 10.4. The molecule has 2 aromatic rings. The van der Waals surface area contributed by atoms with Crippen molar-refractivity contribution in [1.82, 2.24) is 0 Å². The second kappa shape index (κ2) is 7.49. The first-order valence-electron chi connectivity index (χ1n) is 7.87. The number of carbonyl (C=O) groups excluding carboxylic acids is 1. The van der Waals surface area contributed by atoms with Crippen LogP contribution in [0, 0.1) is 0 Å². The van der Waals surface area contributed by atoms with E-state index in [0.29, 0.717) is 11.3 Å². The minimum atomic E-state index is -3.36. The summed E-state index contributed by atoms with van der Waals surface area (Å²) in [5, 5.41) is -0.277.